The van der Waals surface area contributed by atoms with Gasteiger partial charge < -0.3 is 9.64 Å². The number of likely N-dealkylation sites (tertiary alicyclic amines) is 1. The minimum atomic E-state index is 0.541. The molecule has 0 aromatic carbocycles. The predicted molar refractivity (Wildman–Crippen MR) is 39.6 cm³/mol. The molecule has 56 valence electrons. The van der Waals surface area contributed by atoms with Crippen molar-refractivity contribution in [3.63, 3.8) is 0 Å². The molecule has 2 saturated heterocycles. The molecule has 2 fully saturated rings. The van der Waals surface area contributed by atoms with E-state index in [2.05, 4.69) is 18.4 Å². The molecule has 0 N–H and O–H groups in total. The summed E-state index contributed by atoms with van der Waals surface area (Å²) < 4.78 is 5.15. The second-order valence-electron chi connectivity index (χ2n) is 3.58. The highest BCUT2D eigenvalue weighted by molar-refractivity contribution is 5.07. The van der Waals surface area contributed by atoms with Crippen LogP contribution < -0.4 is 0 Å². The predicted octanol–water partition coefficient (Wildman–Crippen LogP) is 0.852. The summed E-state index contributed by atoms with van der Waals surface area (Å²) in [5.74, 6) is 0. The van der Waals surface area contributed by atoms with Crippen LogP contribution in [-0.4, -0.2) is 31.2 Å². The number of hydrogen-bond donors (Lipinski definition) is 0. The first-order chi connectivity index (χ1) is 4.72. The average molecular weight is 139 g/mol. The average Bonchev–Trinajstić information content (AvgIpc) is 1.54. The highest BCUT2D eigenvalue weighted by Gasteiger charge is 2.48. The Morgan fingerprint density at radius 2 is 2.10 bits per heavy atom. The Bertz CT molecular complexity index is 164. The van der Waals surface area contributed by atoms with Crippen LogP contribution in [0.15, 0.2) is 12.3 Å². The van der Waals surface area contributed by atoms with Gasteiger partial charge in [0.25, 0.3) is 0 Å². The van der Waals surface area contributed by atoms with Gasteiger partial charge in [-0.25, -0.2) is 0 Å². The smallest absolute Gasteiger partial charge is 0.0579 e. The van der Waals surface area contributed by atoms with Crippen molar-refractivity contribution >= 4 is 0 Å². The third kappa shape index (κ3) is 0.686. The Morgan fingerprint density at radius 3 is 2.40 bits per heavy atom. The zero-order chi connectivity index (χ0) is 7.19. The molecule has 10 heavy (non-hydrogen) atoms. The number of ether oxygens (including phenoxy) is 1. The first-order valence-electron chi connectivity index (χ1n) is 3.70. The van der Waals surface area contributed by atoms with Crippen molar-refractivity contribution in [1.82, 2.24) is 4.90 Å². The Balaban J connectivity index is 1.88. The molecule has 0 atom stereocenters. The van der Waals surface area contributed by atoms with Crippen molar-refractivity contribution in [1.29, 1.82) is 0 Å². The zero-order valence-electron chi connectivity index (χ0n) is 6.39. The summed E-state index contributed by atoms with van der Waals surface area (Å²) in [7, 11) is 0. The van der Waals surface area contributed by atoms with Crippen LogP contribution >= 0.6 is 0 Å². The van der Waals surface area contributed by atoms with Crippen molar-refractivity contribution in [3.05, 3.63) is 12.3 Å². The molecular weight excluding hydrogens is 126 g/mol. The van der Waals surface area contributed by atoms with Gasteiger partial charge in [0.1, 0.15) is 0 Å². The van der Waals surface area contributed by atoms with Gasteiger partial charge in [-0.2, -0.15) is 0 Å². The lowest BCUT2D eigenvalue weighted by Crippen LogP contribution is -2.64. The van der Waals surface area contributed by atoms with Gasteiger partial charge in [-0.15, -0.1) is 0 Å². The maximum Gasteiger partial charge on any atom is 0.0579 e. The topological polar surface area (TPSA) is 12.5 Å². The summed E-state index contributed by atoms with van der Waals surface area (Å²) in [6.07, 6.45) is 0. The van der Waals surface area contributed by atoms with Crippen LogP contribution in [-0.2, 0) is 4.74 Å². The maximum absolute atomic E-state index is 5.15. The number of hydrogen-bond acceptors (Lipinski definition) is 2. The Hall–Kier alpha value is -0.500. The molecule has 0 bridgehead atoms. The summed E-state index contributed by atoms with van der Waals surface area (Å²) in [5, 5.41) is 0. The highest BCUT2D eigenvalue weighted by atomic mass is 16.5. The second kappa shape index (κ2) is 1.76. The molecule has 0 aliphatic carbocycles. The van der Waals surface area contributed by atoms with Gasteiger partial charge in [-0.3, -0.25) is 0 Å². The molecule has 2 aliphatic rings. The van der Waals surface area contributed by atoms with Gasteiger partial charge in [0.15, 0.2) is 0 Å². The van der Waals surface area contributed by atoms with Crippen molar-refractivity contribution in [3.8, 4) is 0 Å². The third-order valence-corrected chi connectivity index (χ3v) is 2.41. The van der Waals surface area contributed by atoms with Crippen LogP contribution in [0, 0.1) is 5.41 Å². The fourth-order valence-electron chi connectivity index (χ4n) is 1.61. The summed E-state index contributed by atoms with van der Waals surface area (Å²) in [6, 6.07) is 0. The molecular formula is C8H13NO. The van der Waals surface area contributed by atoms with Crippen LogP contribution in [0.3, 0.4) is 0 Å². The molecule has 0 amide bonds. The SMILES string of the molecule is C=C(C)N1CC2(COC2)C1. The van der Waals surface area contributed by atoms with Gasteiger partial charge in [-0.1, -0.05) is 6.58 Å². The monoisotopic (exact) mass is 139 g/mol. The zero-order valence-corrected chi connectivity index (χ0v) is 6.39. The standard InChI is InChI=1S/C8H13NO/c1-7(2)9-3-8(4-9)5-10-6-8/h1,3-6H2,2H3. The number of rotatable bonds is 1. The van der Waals surface area contributed by atoms with Crippen molar-refractivity contribution in [2.75, 3.05) is 26.3 Å². The van der Waals surface area contributed by atoms with E-state index in [9.17, 15) is 0 Å². The first kappa shape index (κ1) is 6.23. The normalized spacial score (nSPS) is 27.5. The van der Waals surface area contributed by atoms with E-state index >= 15 is 0 Å². The van der Waals surface area contributed by atoms with Crippen molar-refractivity contribution < 1.29 is 4.74 Å². The van der Waals surface area contributed by atoms with Crippen LogP contribution in [0.5, 0.6) is 0 Å². The van der Waals surface area contributed by atoms with E-state index < -0.39 is 0 Å². The molecule has 0 saturated carbocycles. The van der Waals surface area contributed by atoms with E-state index in [-0.39, 0.29) is 0 Å². The van der Waals surface area contributed by atoms with Gasteiger partial charge in [0.05, 0.1) is 18.6 Å². The summed E-state index contributed by atoms with van der Waals surface area (Å²) in [6.45, 7) is 10.2. The highest BCUT2D eigenvalue weighted by Crippen LogP contribution is 2.38. The molecule has 0 radical (unpaired) electrons. The molecule has 1 spiro atoms. The number of allylic oxidation sites excluding steroid dienone is 1. The Kier molecular flexibility index (Phi) is 1.09. The fraction of sp³-hybridized carbons (Fsp3) is 0.750. The minimum Gasteiger partial charge on any atom is -0.380 e. The fourth-order valence-corrected chi connectivity index (χ4v) is 1.61. The molecule has 2 heteroatoms. The molecule has 2 heterocycles. The molecule has 0 unspecified atom stereocenters. The van der Waals surface area contributed by atoms with Crippen LogP contribution in [0.1, 0.15) is 6.92 Å². The van der Waals surface area contributed by atoms with Crippen LogP contribution in [0.2, 0.25) is 0 Å². The van der Waals surface area contributed by atoms with Crippen LogP contribution in [0.25, 0.3) is 0 Å². The van der Waals surface area contributed by atoms with Gasteiger partial charge >= 0.3 is 0 Å². The van der Waals surface area contributed by atoms with Gasteiger partial charge in [0.2, 0.25) is 0 Å². The molecule has 0 aromatic rings. The van der Waals surface area contributed by atoms with Gasteiger partial charge in [-0.05, 0) is 6.92 Å². The molecule has 2 rings (SSSR count). The summed E-state index contributed by atoms with van der Waals surface area (Å²) in [5.41, 5.74) is 1.73. The Labute approximate surface area is 61.5 Å². The van der Waals surface area contributed by atoms with E-state index in [0.717, 1.165) is 13.2 Å². The van der Waals surface area contributed by atoms with Crippen LogP contribution in [0.4, 0.5) is 0 Å². The maximum atomic E-state index is 5.15. The molecule has 2 aliphatic heterocycles. The largest absolute Gasteiger partial charge is 0.380 e. The van der Waals surface area contributed by atoms with E-state index in [0.29, 0.717) is 5.41 Å². The second-order valence-corrected chi connectivity index (χ2v) is 3.58. The van der Waals surface area contributed by atoms with E-state index in [1.807, 2.05) is 0 Å². The quantitative estimate of drug-likeness (QED) is 0.534. The minimum absolute atomic E-state index is 0.541. The molecule has 2 nitrogen and oxygen atoms in total. The lowest BCUT2D eigenvalue weighted by atomic mass is 9.78. The summed E-state index contributed by atoms with van der Waals surface area (Å²) >= 11 is 0. The van der Waals surface area contributed by atoms with E-state index in [4.69, 9.17) is 4.74 Å². The van der Waals surface area contributed by atoms with E-state index in [1.165, 1.54) is 18.8 Å². The third-order valence-electron chi connectivity index (χ3n) is 2.41. The first-order valence-corrected chi connectivity index (χ1v) is 3.70. The lowest BCUT2D eigenvalue weighted by Gasteiger charge is -2.56. The van der Waals surface area contributed by atoms with Crippen molar-refractivity contribution in [2.45, 2.75) is 6.92 Å². The molecule has 0 aromatic heterocycles. The van der Waals surface area contributed by atoms with Crippen molar-refractivity contribution in [2.24, 2.45) is 5.41 Å². The lowest BCUT2D eigenvalue weighted by molar-refractivity contribution is -0.179. The number of nitrogens with zero attached hydrogens (tertiary/aromatic N) is 1. The summed E-state index contributed by atoms with van der Waals surface area (Å²) in [4.78, 5) is 2.31. The van der Waals surface area contributed by atoms with Gasteiger partial charge in [0, 0.05) is 18.8 Å². The Morgan fingerprint density at radius 1 is 1.50 bits per heavy atom. The van der Waals surface area contributed by atoms with E-state index in [1.54, 1.807) is 0 Å².